The van der Waals surface area contributed by atoms with Gasteiger partial charge in [0.05, 0.1) is 5.92 Å². The molecule has 0 saturated heterocycles. The van der Waals surface area contributed by atoms with E-state index in [4.69, 9.17) is 0 Å². The minimum Gasteiger partial charge on any atom is -0.352 e. The van der Waals surface area contributed by atoms with Crippen molar-refractivity contribution in [2.75, 3.05) is 26.7 Å². The molecule has 0 rings (SSSR count). The summed E-state index contributed by atoms with van der Waals surface area (Å²) in [7, 11) is 2.04. The van der Waals surface area contributed by atoms with E-state index in [1.807, 2.05) is 26.1 Å². The fourth-order valence-corrected chi connectivity index (χ4v) is 1.32. The summed E-state index contributed by atoms with van der Waals surface area (Å²) in [5.41, 5.74) is 0. The van der Waals surface area contributed by atoms with Crippen molar-refractivity contribution in [1.82, 2.24) is 10.2 Å². The Bertz CT molecular complexity index is 202. The third-order valence-electron chi connectivity index (χ3n) is 2.57. The Labute approximate surface area is 93.5 Å². The van der Waals surface area contributed by atoms with Crippen LogP contribution in [0.5, 0.6) is 0 Å². The first kappa shape index (κ1) is 14.2. The molecule has 15 heavy (non-hydrogen) atoms. The van der Waals surface area contributed by atoms with E-state index in [0.29, 0.717) is 6.54 Å². The van der Waals surface area contributed by atoms with E-state index in [0.717, 1.165) is 19.5 Å². The predicted octanol–water partition coefficient (Wildman–Crippen LogP) is 1.66. The quantitative estimate of drug-likeness (QED) is 0.651. The van der Waals surface area contributed by atoms with Crippen LogP contribution in [0.4, 0.5) is 0 Å². The molecule has 1 atom stereocenters. The normalized spacial score (nSPS) is 13.4. The lowest BCUT2D eigenvalue weighted by Crippen LogP contribution is -2.37. The minimum atomic E-state index is 0.111. The van der Waals surface area contributed by atoms with Crippen LogP contribution in [0.2, 0.25) is 0 Å². The highest BCUT2D eigenvalue weighted by atomic mass is 16.1. The van der Waals surface area contributed by atoms with Crippen molar-refractivity contribution in [1.29, 1.82) is 0 Å². The van der Waals surface area contributed by atoms with Crippen molar-refractivity contribution in [3.8, 4) is 0 Å². The first-order valence-corrected chi connectivity index (χ1v) is 5.73. The zero-order chi connectivity index (χ0) is 11.7. The number of amides is 1. The van der Waals surface area contributed by atoms with Crippen LogP contribution in [0.1, 0.15) is 27.2 Å². The Morgan fingerprint density at radius 2 is 2.13 bits per heavy atom. The van der Waals surface area contributed by atoms with Gasteiger partial charge in [-0.3, -0.25) is 4.79 Å². The first-order chi connectivity index (χ1) is 7.15. The minimum absolute atomic E-state index is 0.111. The summed E-state index contributed by atoms with van der Waals surface area (Å²) >= 11 is 0. The highest BCUT2D eigenvalue weighted by Gasteiger charge is 2.16. The van der Waals surface area contributed by atoms with Gasteiger partial charge >= 0.3 is 0 Å². The number of rotatable bonds is 7. The molecule has 88 valence electrons. The molecule has 0 saturated carbocycles. The van der Waals surface area contributed by atoms with Gasteiger partial charge < -0.3 is 10.2 Å². The standard InChI is InChI=1S/C12H24N2O/c1-5-8-9-13-12(15)11(6-2)10-14(4)7-3/h5,8,11H,6-7,9-10H2,1-4H3,(H,13,15)/b8-5+. The van der Waals surface area contributed by atoms with Gasteiger partial charge in [-0.2, -0.15) is 0 Å². The fourth-order valence-electron chi connectivity index (χ4n) is 1.32. The lowest BCUT2D eigenvalue weighted by atomic mass is 10.1. The maximum absolute atomic E-state index is 11.7. The fraction of sp³-hybridized carbons (Fsp3) is 0.750. The summed E-state index contributed by atoms with van der Waals surface area (Å²) in [6.07, 6.45) is 4.79. The van der Waals surface area contributed by atoms with E-state index in [2.05, 4.69) is 24.1 Å². The molecule has 0 bridgehead atoms. The van der Waals surface area contributed by atoms with Crippen LogP contribution in [0.25, 0.3) is 0 Å². The molecular weight excluding hydrogens is 188 g/mol. The van der Waals surface area contributed by atoms with Gasteiger partial charge in [-0.25, -0.2) is 0 Å². The third-order valence-corrected chi connectivity index (χ3v) is 2.57. The summed E-state index contributed by atoms with van der Waals surface area (Å²) in [6.45, 7) is 8.58. The smallest absolute Gasteiger partial charge is 0.224 e. The number of allylic oxidation sites excluding steroid dienone is 1. The van der Waals surface area contributed by atoms with Crippen LogP contribution in [0.15, 0.2) is 12.2 Å². The van der Waals surface area contributed by atoms with Crippen molar-refractivity contribution < 1.29 is 4.79 Å². The van der Waals surface area contributed by atoms with Gasteiger partial charge in [-0.15, -0.1) is 0 Å². The highest BCUT2D eigenvalue weighted by molar-refractivity contribution is 5.78. The molecule has 0 radical (unpaired) electrons. The number of nitrogens with zero attached hydrogens (tertiary/aromatic N) is 1. The Morgan fingerprint density at radius 3 is 2.60 bits per heavy atom. The molecule has 0 aliphatic rings. The lowest BCUT2D eigenvalue weighted by molar-refractivity contribution is -0.125. The van der Waals surface area contributed by atoms with Crippen molar-refractivity contribution in [2.24, 2.45) is 5.92 Å². The Kier molecular flexibility index (Phi) is 8.01. The van der Waals surface area contributed by atoms with Gasteiger partial charge in [0.25, 0.3) is 0 Å². The molecule has 0 aromatic rings. The predicted molar refractivity (Wildman–Crippen MR) is 64.8 cm³/mol. The van der Waals surface area contributed by atoms with Crippen molar-refractivity contribution >= 4 is 5.91 Å². The topological polar surface area (TPSA) is 32.3 Å². The summed E-state index contributed by atoms with van der Waals surface area (Å²) in [5.74, 6) is 0.274. The van der Waals surface area contributed by atoms with Crippen LogP contribution >= 0.6 is 0 Å². The second-order valence-electron chi connectivity index (χ2n) is 3.77. The summed E-state index contributed by atoms with van der Waals surface area (Å²) in [6, 6.07) is 0. The average molecular weight is 212 g/mol. The van der Waals surface area contributed by atoms with E-state index in [-0.39, 0.29) is 11.8 Å². The van der Waals surface area contributed by atoms with Crippen LogP contribution in [-0.2, 0) is 4.79 Å². The van der Waals surface area contributed by atoms with Gasteiger partial charge in [-0.05, 0) is 26.9 Å². The summed E-state index contributed by atoms with van der Waals surface area (Å²) in [4.78, 5) is 13.9. The zero-order valence-corrected chi connectivity index (χ0v) is 10.4. The van der Waals surface area contributed by atoms with Gasteiger partial charge in [-0.1, -0.05) is 26.0 Å². The Balaban J connectivity index is 3.98. The Hall–Kier alpha value is -0.830. The van der Waals surface area contributed by atoms with Crippen molar-refractivity contribution in [3.63, 3.8) is 0 Å². The first-order valence-electron chi connectivity index (χ1n) is 5.73. The maximum atomic E-state index is 11.7. The van der Waals surface area contributed by atoms with Crippen LogP contribution < -0.4 is 5.32 Å². The SMILES string of the molecule is C/C=C/CNC(=O)C(CC)CN(C)CC. The average Bonchev–Trinajstić information content (AvgIpc) is 2.25. The second-order valence-corrected chi connectivity index (χ2v) is 3.77. The van der Waals surface area contributed by atoms with Gasteiger partial charge in [0, 0.05) is 13.1 Å². The third kappa shape index (κ3) is 6.28. The lowest BCUT2D eigenvalue weighted by Gasteiger charge is -2.20. The molecule has 3 heteroatoms. The number of nitrogens with one attached hydrogen (secondary N) is 1. The summed E-state index contributed by atoms with van der Waals surface area (Å²) in [5, 5.41) is 2.91. The molecule has 0 heterocycles. The molecule has 1 amide bonds. The zero-order valence-electron chi connectivity index (χ0n) is 10.4. The molecule has 0 fully saturated rings. The monoisotopic (exact) mass is 212 g/mol. The molecule has 0 aromatic carbocycles. The van der Waals surface area contributed by atoms with Crippen molar-refractivity contribution in [3.05, 3.63) is 12.2 Å². The van der Waals surface area contributed by atoms with Gasteiger partial charge in [0.2, 0.25) is 5.91 Å². The number of carbonyl (C=O) groups excluding carboxylic acids is 1. The summed E-state index contributed by atoms with van der Waals surface area (Å²) < 4.78 is 0. The number of hydrogen-bond donors (Lipinski definition) is 1. The van der Waals surface area contributed by atoms with E-state index in [9.17, 15) is 4.79 Å². The van der Waals surface area contributed by atoms with Crippen LogP contribution in [0, 0.1) is 5.92 Å². The Morgan fingerprint density at radius 1 is 1.47 bits per heavy atom. The molecular formula is C12H24N2O. The highest BCUT2D eigenvalue weighted by Crippen LogP contribution is 2.04. The van der Waals surface area contributed by atoms with E-state index < -0.39 is 0 Å². The van der Waals surface area contributed by atoms with Gasteiger partial charge in [0.1, 0.15) is 0 Å². The molecule has 0 aliphatic heterocycles. The molecule has 0 aliphatic carbocycles. The van der Waals surface area contributed by atoms with Gasteiger partial charge in [0.15, 0.2) is 0 Å². The molecule has 1 N–H and O–H groups in total. The number of carbonyl (C=O) groups is 1. The van der Waals surface area contributed by atoms with Crippen LogP contribution in [-0.4, -0.2) is 37.5 Å². The van der Waals surface area contributed by atoms with E-state index in [1.165, 1.54) is 0 Å². The molecule has 0 spiro atoms. The van der Waals surface area contributed by atoms with Crippen LogP contribution in [0.3, 0.4) is 0 Å². The molecule has 3 nitrogen and oxygen atoms in total. The van der Waals surface area contributed by atoms with E-state index in [1.54, 1.807) is 0 Å². The van der Waals surface area contributed by atoms with E-state index >= 15 is 0 Å². The number of hydrogen-bond acceptors (Lipinski definition) is 2. The molecule has 0 aromatic heterocycles. The second kappa shape index (κ2) is 8.48. The van der Waals surface area contributed by atoms with Crippen molar-refractivity contribution in [2.45, 2.75) is 27.2 Å². The maximum Gasteiger partial charge on any atom is 0.224 e. The largest absolute Gasteiger partial charge is 0.352 e. The molecule has 1 unspecified atom stereocenters.